The maximum atomic E-state index is 6.11. The molecule has 0 radical (unpaired) electrons. The molecule has 20 heavy (non-hydrogen) atoms. The summed E-state index contributed by atoms with van der Waals surface area (Å²) in [6.07, 6.45) is 1.08. The molecule has 1 unspecified atom stereocenters. The van der Waals surface area contributed by atoms with Crippen LogP contribution < -0.4 is 4.90 Å². The van der Waals surface area contributed by atoms with Crippen molar-refractivity contribution in [1.29, 1.82) is 0 Å². The highest BCUT2D eigenvalue weighted by Crippen LogP contribution is 2.19. The van der Waals surface area contributed by atoms with E-state index in [1.165, 1.54) is 11.3 Å². The summed E-state index contributed by atoms with van der Waals surface area (Å²) < 4.78 is 6.11. The third kappa shape index (κ3) is 3.84. The van der Waals surface area contributed by atoms with E-state index in [0.29, 0.717) is 6.61 Å². The summed E-state index contributed by atoms with van der Waals surface area (Å²) in [7, 11) is 0. The minimum atomic E-state index is 0.114. The van der Waals surface area contributed by atoms with Crippen molar-refractivity contribution in [3.63, 3.8) is 0 Å². The smallest absolute Gasteiger partial charge is 0.130 e. The molecule has 0 N–H and O–H groups in total. The molecular weight excluding hydrogens is 246 g/mol. The van der Waals surface area contributed by atoms with Crippen molar-refractivity contribution in [1.82, 2.24) is 0 Å². The first-order valence-electron chi connectivity index (χ1n) is 7.32. The normalized spacial score (nSPS) is 12.1. The van der Waals surface area contributed by atoms with Gasteiger partial charge >= 0.3 is 0 Å². The van der Waals surface area contributed by atoms with Crippen LogP contribution in [0.2, 0.25) is 0 Å². The molecule has 2 nitrogen and oxygen atoms in total. The van der Waals surface area contributed by atoms with Crippen molar-refractivity contribution in [2.75, 3.05) is 11.4 Å². The van der Waals surface area contributed by atoms with Gasteiger partial charge in [-0.25, -0.2) is 0 Å². The van der Waals surface area contributed by atoms with Gasteiger partial charge in [0.25, 0.3) is 0 Å². The van der Waals surface area contributed by atoms with Gasteiger partial charge in [0.2, 0.25) is 0 Å². The number of ether oxygens (including phenoxy) is 1. The highest BCUT2D eigenvalue weighted by atomic mass is 16.5. The molecule has 0 aliphatic rings. The van der Waals surface area contributed by atoms with E-state index in [4.69, 9.17) is 4.74 Å². The Hall–Kier alpha value is -1.80. The molecule has 1 atom stereocenters. The fourth-order valence-electron chi connectivity index (χ4n) is 2.37. The summed E-state index contributed by atoms with van der Waals surface area (Å²) in [5.41, 5.74) is 2.44. The summed E-state index contributed by atoms with van der Waals surface area (Å²) in [5, 5.41) is 0. The zero-order valence-corrected chi connectivity index (χ0v) is 12.3. The fraction of sp³-hybridized carbons (Fsp3) is 0.333. The number of benzene rings is 2. The van der Waals surface area contributed by atoms with Crippen LogP contribution in [0.25, 0.3) is 0 Å². The number of nitrogens with zero attached hydrogens (tertiary/aromatic N) is 1. The largest absolute Gasteiger partial charge is 0.354 e. The molecule has 0 heterocycles. The lowest BCUT2D eigenvalue weighted by Gasteiger charge is -2.32. The van der Waals surface area contributed by atoms with E-state index < -0.39 is 0 Å². The first-order chi connectivity index (χ1) is 9.85. The van der Waals surface area contributed by atoms with Crippen LogP contribution in [0.1, 0.15) is 25.8 Å². The van der Waals surface area contributed by atoms with E-state index in [9.17, 15) is 0 Å². The average molecular weight is 269 g/mol. The van der Waals surface area contributed by atoms with Gasteiger partial charge in [0, 0.05) is 12.2 Å². The molecule has 2 rings (SSSR count). The molecule has 0 aliphatic carbocycles. The molecule has 2 heteroatoms. The Balaban J connectivity index is 2.03. The van der Waals surface area contributed by atoms with Gasteiger partial charge in [0.1, 0.15) is 6.23 Å². The zero-order chi connectivity index (χ0) is 14.2. The van der Waals surface area contributed by atoms with Crippen LogP contribution in [0.3, 0.4) is 0 Å². The third-order valence-corrected chi connectivity index (χ3v) is 3.41. The monoisotopic (exact) mass is 269 g/mol. The van der Waals surface area contributed by atoms with E-state index in [1.54, 1.807) is 0 Å². The molecule has 0 aliphatic heterocycles. The fourth-order valence-corrected chi connectivity index (χ4v) is 2.37. The third-order valence-electron chi connectivity index (χ3n) is 3.41. The van der Waals surface area contributed by atoms with Crippen molar-refractivity contribution < 1.29 is 4.74 Å². The maximum absolute atomic E-state index is 6.11. The second-order valence-electron chi connectivity index (χ2n) is 4.78. The van der Waals surface area contributed by atoms with E-state index >= 15 is 0 Å². The molecule has 0 amide bonds. The molecule has 0 bridgehead atoms. The number of hydrogen-bond donors (Lipinski definition) is 0. The minimum Gasteiger partial charge on any atom is -0.354 e. The summed E-state index contributed by atoms with van der Waals surface area (Å²) in [5.74, 6) is 0. The van der Waals surface area contributed by atoms with Crippen molar-refractivity contribution in [2.24, 2.45) is 0 Å². The summed E-state index contributed by atoms with van der Waals surface area (Å²) in [4.78, 5) is 2.31. The quantitative estimate of drug-likeness (QED) is 0.688. The van der Waals surface area contributed by atoms with E-state index in [2.05, 4.69) is 67.3 Å². The highest BCUT2D eigenvalue weighted by Gasteiger charge is 2.16. The van der Waals surface area contributed by atoms with Crippen LogP contribution in [0.4, 0.5) is 5.69 Å². The number of rotatable bonds is 7. The SMILES string of the molecule is CCC(OCc1ccccc1)N(CC)c1ccccc1. The standard InChI is InChI=1S/C18H23NO/c1-3-18(20-15-16-11-7-5-8-12-16)19(4-2)17-13-9-6-10-14-17/h5-14,18H,3-4,15H2,1-2H3. The molecule has 2 aromatic rings. The lowest BCUT2D eigenvalue weighted by atomic mass is 10.2. The average Bonchev–Trinajstić information content (AvgIpc) is 2.53. The Morgan fingerprint density at radius 1 is 0.900 bits per heavy atom. The molecule has 0 saturated carbocycles. The molecule has 106 valence electrons. The zero-order valence-electron chi connectivity index (χ0n) is 12.3. The van der Waals surface area contributed by atoms with E-state index in [-0.39, 0.29) is 6.23 Å². The predicted octanol–water partition coefficient (Wildman–Crippen LogP) is 4.47. The van der Waals surface area contributed by atoms with Crippen molar-refractivity contribution in [2.45, 2.75) is 33.1 Å². The molecule has 0 spiro atoms. The van der Waals surface area contributed by atoms with Crippen LogP contribution >= 0.6 is 0 Å². The number of hydrogen-bond acceptors (Lipinski definition) is 2. The summed E-state index contributed by atoms with van der Waals surface area (Å²) in [6.45, 7) is 5.93. The van der Waals surface area contributed by atoms with E-state index in [1.807, 2.05) is 12.1 Å². The number of para-hydroxylation sites is 1. The molecule has 0 aromatic heterocycles. The van der Waals surface area contributed by atoms with Gasteiger partial charge in [-0.15, -0.1) is 0 Å². The molecule has 0 fully saturated rings. The second-order valence-corrected chi connectivity index (χ2v) is 4.78. The van der Waals surface area contributed by atoms with Crippen LogP contribution in [0, 0.1) is 0 Å². The second kappa shape index (κ2) is 7.71. The van der Waals surface area contributed by atoms with Crippen LogP contribution in [0.15, 0.2) is 60.7 Å². The molecular formula is C18H23NO. The predicted molar refractivity (Wildman–Crippen MR) is 84.8 cm³/mol. The van der Waals surface area contributed by atoms with Crippen LogP contribution in [0.5, 0.6) is 0 Å². The van der Waals surface area contributed by atoms with Crippen molar-refractivity contribution in [3.8, 4) is 0 Å². The molecule has 0 saturated heterocycles. The van der Waals surface area contributed by atoms with Crippen molar-refractivity contribution in [3.05, 3.63) is 66.2 Å². The summed E-state index contributed by atoms with van der Waals surface area (Å²) in [6, 6.07) is 20.8. The molecule has 2 aromatic carbocycles. The number of anilines is 1. The Kier molecular flexibility index (Phi) is 5.63. The van der Waals surface area contributed by atoms with Crippen molar-refractivity contribution >= 4 is 5.69 Å². The first kappa shape index (κ1) is 14.6. The highest BCUT2D eigenvalue weighted by molar-refractivity contribution is 5.46. The van der Waals surface area contributed by atoms with Gasteiger partial charge in [-0.3, -0.25) is 0 Å². The topological polar surface area (TPSA) is 12.5 Å². The van der Waals surface area contributed by atoms with Crippen LogP contribution in [-0.4, -0.2) is 12.8 Å². The Bertz CT molecular complexity index is 483. The van der Waals surface area contributed by atoms with Gasteiger partial charge < -0.3 is 9.64 Å². The Morgan fingerprint density at radius 2 is 1.50 bits per heavy atom. The van der Waals surface area contributed by atoms with E-state index in [0.717, 1.165) is 13.0 Å². The van der Waals surface area contributed by atoms with Crippen LogP contribution in [-0.2, 0) is 11.3 Å². The lowest BCUT2D eigenvalue weighted by Crippen LogP contribution is -2.36. The van der Waals surface area contributed by atoms with Gasteiger partial charge in [0.05, 0.1) is 6.61 Å². The van der Waals surface area contributed by atoms with Gasteiger partial charge in [-0.05, 0) is 31.0 Å². The maximum Gasteiger partial charge on any atom is 0.130 e. The van der Waals surface area contributed by atoms with Gasteiger partial charge in [0.15, 0.2) is 0 Å². The summed E-state index contributed by atoms with van der Waals surface area (Å²) >= 11 is 0. The first-order valence-corrected chi connectivity index (χ1v) is 7.32. The van der Waals surface area contributed by atoms with Gasteiger partial charge in [-0.2, -0.15) is 0 Å². The Labute approximate surface area is 122 Å². The minimum absolute atomic E-state index is 0.114. The van der Waals surface area contributed by atoms with Gasteiger partial charge in [-0.1, -0.05) is 55.5 Å². The Morgan fingerprint density at radius 3 is 2.05 bits per heavy atom. The lowest BCUT2D eigenvalue weighted by molar-refractivity contribution is 0.0363.